The molecule has 0 aliphatic heterocycles. The number of hydrogen-bond donors (Lipinski definition) is 2. The van der Waals surface area contributed by atoms with E-state index >= 15 is 0 Å². The average Bonchev–Trinajstić information content (AvgIpc) is 2.02. The number of hydrogen-bond acceptors (Lipinski definition) is 4. The molecule has 82 valence electrons. The van der Waals surface area contributed by atoms with Crippen LogP contribution in [0.5, 0.6) is 0 Å². The van der Waals surface area contributed by atoms with Crippen LogP contribution in [0.2, 0.25) is 0 Å². The lowest BCUT2D eigenvalue weighted by molar-refractivity contribution is -0.131. The molecule has 0 saturated heterocycles. The fraction of sp³-hybridized carbons (Fsp3) is 0.571. The number of carboxylic acid groups (broad SMARTS) is 1. The van der Waals surface area contributed by atoms with Gasteiger partial charge >= 0.3 is 12.6 Å². The molecule has 0 aliphatic rings. The van der Waals surface area contributed by atoms with Gasteiger partial charge in [0.05, 0.1) is 6.08 Å². The van der Waals surface area contributed by atoms with Gasteiger partial charge in [0.2, 0.25) is 0 Å². The molecule has 0 radical (unpaired) electrons. The highest BCUT2D eigenvalue weighted by Crippen LogP contribution is 2.44. The first-order valence-corrected chi connectivity index (χ1v) is 6.59. The molecule has 14 heavy (non-hydrogen) atoms. The molecule has 0 saturated carbocycles. The van der Waals surface area contributed by atoms with Crippen molar-refractivity contribution in [2.24, 2.45) is 0 Å². The van der Waals surface area contributed by atoms with Crippen molar-refractivity contribution in [2.75, 3.05) is 13.7 Å². The first kappa shape index (κ1) is 13.6. The Hall–Kier alpha value is -0.420. The van der Waals surface area contributed by atoms with E-state index in [4.69, 9.17) is 26.0 Å². The lowest BCUT2D eigenvalue weighted by atomic mass is 10.5. The van der Waals surface area contributed by atoms with Gasteiger partial charge in [0, 0.05) is 13.7 Å². The molecule has 5 nitrogen and oxygen atoms in total. The Morgan fingerprint density at radius 3 is 2.64 bits per heavy atom. The fourth-order valence-electron chi connectivity index (χ4n) is 0.718. The van der Waals surface area contributed by atoms with E-state index in [-0.39, 0.29) is 5.76 Å². The normalized spacial score (nSPS) is 16.1. The van der Waals surface area contributed by atoms with Crippen molar-refractivity contribution < 1.29 is 18.9 Å². The van der Waals surface area contributed by atoms with Crippen LogP contribution in [0.3, 0.4) is 0 Å². The average molecular weight is 239 g/mol. The zero-order chi connectivity index (χ0) is 11.2. The highest BCUT2D eigenvalue weighted by Gasteiger charge is 2.17. The van der Waals surface area contributed by atoms with E-state index in [9.17, 15) is 4.79 Å². The summed E-state index contributed by atoms with van der Waals surface area (Å²) in [5, 5.41) is 11.3. The highest BCUT2D eigenvalue weighted by molar-refractivity contribution is 8.09. The van der Waals surface area contributed by atoms with Gasteiger partial charge in [-0.1, -0.05) is 6.92 Å². The van der Waals surface area contributed by atoms with E-state index in [1.54, 1.807) is 0 Å². The highest BCUT2D eigenvalue weighted by atomic mass is 32.5. The van der Waals surface area contributed by atoms with Crippen molar-refractivity contribution in [1.29, 1.82) is 0 Å². The second kappa shape index (κ2) is 6.14. The molecule has 0 amide bonds. The topological polar surface area (TPSA) is 67.8 Å². The van der Waals surface area contributed by atoms with Gasteiger partial charge in [-0.3, -0.25) is 0 Å². The third kappa shape index (κ3) is 5.34. The second-order valence-electron chi connectivity index (χ2n) is 2.38. The molecule has 0 spiro atoms. The summed E-state index contributed by atoms with van der Waals surface area (Å²) in [5.41, 5.74) is 0. The molecule has 1 unspecified atom stereocenters. The summed E-state index contributed by atoms with van der Waals surface area (Å²) in [6, 6.07) is 0. The molecular formula is C7H14NO4PS. The summed E-state index contributed by atoms with van der Waals surface area (Å²) in [7, 11) is 1.43. The van der Waals surface area contributed by atoms with E-state index in [0.29, 0.717) is 6.54 Å². The van der Waals surface area contributed by atoms with Crippen molar-refractivity contribution >= 4 is 24.4 Å². The molecule has 7 heteroatoms. The Bertz CT molecular complexity index is 279. The van der Waals surface area contributed by atoms with Crippen molar-refractivity contribution in [1.82, 2.24) is 5.09 Å². The molecule has 0 aromatic rings. The molecule has 1 atom stereocenters. The Balaban J connectivity index is 4.46. The molecule has 0 aromatic heterocycles. The second-order valence-corrected chi connectivity index (χ2v) is 5.68. The first-order valence-electron chi connectivity index (χ1n) is 3.95. The number of carbonyl (C=O) groups is 1. The van der Waals surface area contributed by atoms with Crippen molar-refractivity contribution in [3.05, 3.63) is 11.8 Å². The van der Waals surface area contributed by atoms with E-state index in [0.717, 1.165) is 6.08 Å². The predicted molar refractivity (Wildman–Crippen MR) is 57.4 cm³/mol. The van der Waals surface area contributed by atoms with Crippen LogP contribution in [0.15, 0.2) is 11.8 Å². The Kier molecular flexibility index (Phi) is 5.95. The maximum absolute atomic E-state index is 10.3. The van der Waals surface area contributed by atoms with Crippen LogP contribution < -0.4 is 5.09 Å². The predicted octanol–water partition coefficient (Wildman–Crippen LogP) is 1.47. The summed E-state index contributed by atoms with van der Waals surface area (Å²) in [4.78, 5) is 10.3. The van der Waals surface area contributed by atoms with Crippen molar-refractivity contribution in [3.8, 4) is 0 Å². The van der Waals surface area contributed by atoms with Gasteiger partial charge in [0.15, 0.2) is 0 Å². The number of aliphatic carboxylic acids is 1. The molecule has 0 bridgehead atoms. The fourth-order valence-corrected chi connectivity index (χ4v) is 2.54. The lowest BCUT2D eigenvalue weighted by Crippen LogP contribution is -2.12. The minimum atomic E-state index is -2.56. The number of nitrogens with one attached hydrogen (secondary N) is 1. The number of carboxylic acids is 1. The summed E-state index contributed by atoms with van der Waals surface area (Å²) >= 11 is 5.05. The largest absolute Gasteiger partial charge is 0.478 e. The Morgan fingerprint density at radius 1 is 1.71 bits per heavy atom. The smallest absolute Gasteiger partial charge is 0.331 e. The van der Waals surface area contributed by atoms with Gasteiger partial charge in [-0.05, 0) is 18.7 Å². The third-order valence-corrected chi connectivity index (χ3v) is 3.95. The van der Waals surface area contributed by atoms with Gasteiger partial charge in [0.25, 0.3) is 0 Å². The molecule has 0 aromatic carbocycles. The van der Waals surface area contributed by atoms with Gasteiger partial charge in [-0.15, -0.1) is 0 Å². The monoisotopic (exact) mass is 239 g/mol. The van der Waals surface area contributed by atoms with Gasteiger partial charge in [-0.25, -0.2) is 9.88 Å². The van der Waals surface area contributed by atoms with Crippen LogP contribution in [-0.4, -0.2) is 24.7 Å². The molecule has 0 aliphatic carbocycles. The minimum absolute atomic E-state index is 0.226. The maximum atomic E-state index is 10.3. The third-order valence-electron chi connectivity index (χ3n) is 1.18. The Labute approximate surface area is 88.3 Å². The van der Waals surface area contributed by atoms with Crippen LogP contribution in [0.1, 0.15) is 13.8 Å². The minimum Gasteiger partial charge on any atom is -0.478 e. The summed E-state index contributed by atoms with van der Waals surface area (Å²) < 4.78 is 10.2. The maximum Gasteiger partial charge on any atom is 0.331 e. The standard InChI is InChI=1S/C7H14NO4PS/c1-4-8-13(14,11-3)12-6(2)5-7(9)10/h5H,4H2,1-3H3,(H,8,14)(H,9,10). The zero-order valence-electron chi connectivity index (χ0n) is 8.31. The SMILES string of the molecule is CCNP(=S)(OC)OC(C)=CC(=O)O. The molecule has 0 rings (SSSR count). The molecular weight excluding hydrogens is 225 g/mol. The molecule has 2 N–H and O–H groups in total. The Morgan fingerprint density at radius 2 is 2.29 bits per heavy atom. The van der Waals surface area contributed by atoms with Crippen molar-refractivity contribution in [2.45, 2.75) is 13.8 Å². The van der Waals surface area contributed by atoms with E-state index in [2.05, 4.69) is 5.09 Å². The summed E-state index contributed by atoms with van der Waals surface area (Å²) in [6.45, 7) is 1.42. The van der Waals surface area contributed by atoms with Crippen LogP contribution in [0.4, 0.5) is 0 Å². The van der Waals surface area contributed by atoms with Crippen LogP contribution in [0.25, 0.3) is 0 Å². The quantitative estimate of drug-likeness (QED) is 0.415. The van der Waals surface area contributed by atoms with Crippen molar-refractivity contribution in [3.63, 3.8) is 0 Å². The lowest BCUT2D eigenvalue weighted by Gasteiger charge is -2.21. The number of allylic oxidation sites excluding steroid dienone is 1. The molecule has 0 fully saturated rings. The molecule has 0 heterocycles. The van der Waals surface area contributed by atoms with Crippen LogP contribution >= 0.6 is 6.64 Å². The first-order chi connectivity index (χ1) is 6.43. The zero-order valence-corrected chi connectivity index (χ0v) is 10.0. The van der Waals surface area contributed by atoms with Gasteiger partial charge in [0.1, 0.15) is 5.76 Å². The summed E-state index contributed by atoms with van der Waals surface area (Å²) in [6.07, 6.45) is 0.942. The van der Waals surface area contributed by atoms with Crippen LogP contribution in [0, 0.1) is 0 Å². The van der Waals surface area contributed by atoms with E-state index in [1.165, 1.54) is 14.0 Å². The number of rotatable bonds is 6. The van der Waals surface area contributed by atoms with E-state index in [1.807, 2.05) is 6.92 Å². The van der Waals surface area contributed by atoms with Gasteiger partial charge in [-0.2, -0.15) is 0 Å². The summed E-state index contributed by atoms with van der Waals surface area (Å²) in [5.74, 6) is -0.847. The van der Waals surface area contributed by atoms with E-state index < -0.39 is 12.6 Å². The van der Waals surface area contributed by atoms with Gasteiger partial charge < -0.3 is 14.2 Å². The van der Waals surface area contributed by atoms with Crippen LogP contribution in [-0.2, 0) is 25.6 Å².